The van der Waals surface area contributed by atoms with Crippen LogP contribution < -0.4 is 10.5 Å². The van der Waals surface area contributed by atoms with Crippen molar-refractivity contribution in [3.8, 4) is 0 Å². The zero-order valence-corrected chi connectivity index (χ0v) is 14.0. The van der Waals surface area contributed by atoms with Gasteiger partial charge in [-0.25, -0.2) is 13.6 Å². The van der Waals surface area contributed by atoms with Crippen LogP contribution in [0, 0.1) is 0 Å². The van der Waals surface area contributed by atoms with Crippen molar-refractivity contribution in [3.63, 3.8) is 0 Å². The van der Waals surface area contributed by atoms with Gasteiger partial charge in [0.2, 0.25) is 10.0 Å². The minimum atomic E-state index is -3.65. The van der Waals surface area contributed by atoms with Crippen molar-refractivity contribution in [3.05, 3.63) is 45.5 Å². The fourth-order valence-electron chi connectivity index (χ4n) is 1.58. The maximum atomic E-state index is 11.9. The molecule has 2 heterocycles. The first-order chi connectivity index (χ1) is 9.86. The Morgan fingerprint density at radius 3 is 2.76 bits per heavy atom. The molecule has 0 fully saturated rings. The molecule has 0 atom stereocenters. The first-order valence-electron chi connectivity index (χ1n) is 5.86. The second kappa shape index (κ2) is 6.65. The van der Waals surface area contributed by atoms with Gasteiger partial charge in [-0.15, -0.1) is 11.3 Å². The van der Waals surface area contributed by atoms with Crippen LogP contribution in [0.5, 0.6) is 0 Å². The number of aromatic nitrogens is 1. The van der Waals surface area contributed by atoms with E-state index in [1.54, 1.807) is 18.3 Å². The number of carbonyl (C=O) groups is 1. The molecule has 6 nitrogen and oxygen atoms in total. The molecule has 9 heteroatoms. The predicted octanol–water partition coefficient (Wildman–Crippen LogP) is 1.53. The molecule has 3 N–H and O–H groups in total. The standard InChI is InChI=1S/C12H12BrN3O3S2/c13-9-5-8(6-15-7-9)12(17)16-4-3-10-1-2-11(20-10)21(14,18)19/h1-2,5-7H,3-4H2,(H,16,17)(H2,14,18,19). The van der Waals surface area contributed by atoms with E-state index in [-0.39, 0.29) is 10.1 Å². The largest absolute Gasteiger partial charge is 0.352 e. The highest BCUT2D eigenvalue weighted by molar-refractivity contribution is 9.10. The Kier molecular flexibility index (Phi) is 5.09. The number of sulfonamides is 1. The summed E-state index contributed by atoms with van der Waals surface area (Å²) in [4.78, 5) is 16.6. The fourth-order valence-corrected chi connectivity index (χ4v) is 3.73. The van der Waals surface area contributed by atoms with Gasteiger partial charge in [-0.1, -0.05) is 0 Å². The van der Waals surface area contributed by atoms with E-state index < -0.39 is 10.0 Å². The Morgan fingerprint density at radius 2 is 2.14 bits per heavy atom. The normalized spacial score (nSPS) is 11.3. The van der Waals surface area contributed by atoms with E-state index in [9.17, 15) is 13.2 Å². The third-order valence-corrected chi connectivity index (χ3v) is 5.56. The second-order valence-corrected chi connectivity index (χ2v) is 8.04. The van der Waals surface area contributed by atoms with Crippen LogP contribution in [0.1, 0.15) is 15.2 Å². The molecule has 0 radical (unpaired) electrons. The van der Waals surface area contributed by atoms with Crippen LogP contribution in [0.4, 0.5) is 0 Å². The number of halogens is 1. The van der Waals surface area contributed by atoms with E-state index in [1.165, 1.54) is 12.3 Å². The second-order valence-electron chi connectivity index (χ2n) is 4.16. The van der Waals surface area contributed by atoms with Gasteiger partial charge in [-0.3, -0.25) is 9.78 Å². The maximum Gasteiger partial charge on any atom is 0.252 e. The van der Waals surface area contributed by atoms with Crippen LogP contribution in [0.2, 0.25) is 0 Å². The molecule has 0 unspecified atom stereocenters. The summed E-state index contributed by atoms with van der Waals surface area (Å²) < 4.78 is 23.2. The van der Waals surface area contributed by atoms with E-state index >= 15 is 0 Å². The van der Waals surface area contributed by atoms with Crippen molar-refractivity contribution >= 4 is 43.2 Å². The molecule has 21 heavy (non-hydrogen) atoms. The minimum Gasteiger partial charge on any atom is -0.352 e. The number of nitrogens with one attached hydrogen (secondary N) is 1. The van der Waals surface area contributed by atoms with Gasteiger partial charge in [0, 0.05) is 28.3 Å². The topological polar surface area (TPSA) is 102 Å². The Labute approximate surface area is 134 Å². The van der Waals surface area contributed by atoms with Crippen LogP contribution in [-0.4, -0.2) is 25.9 Å². The zero-order chi connectivity index (χ0) is 15.5. The summed E-state index contributed by atoms with van der Waals surface area (Å²) in [5, 5.41) is 7.79. The van der Waals surface area contributed by atoms with Crippen molar-refractivity contribution in [2.45, 2.75) is 10.6 Å². The molecule has 0 bridgehead atoms. The fraction of sp³-hybridized carbons (Fsp3) is 0.167. The lowest BCUT2D eigenvalue weighted by Crippen LogP contribution is -2.25. The molecular formula is C12H12BrN3O3S2. The van der Waals surface area contributed by atoms with Crippen LogP contribution >= 0.6 is 27.3 Å². The van der Waals surface area contributed by atoms with Gasteiger partial charge < -0.3 is 5.32 Å². The maximum absolute atomic E-state index is 11.9. The summed E-state index contributed by atoms with van der Waals surface area (Å²) in [6, 6.07) is 4.83. The van der Waals surface area contributed by atoms with Gasteiger partial charge >= 0.3 is 0 Å². The first-order valence-corrected chi connectivity index (χ1v) is 9.02. The smallest absolute Gasteiger partial charge is 0.252 e. The number of carbonyl (C=O) groups excluding carboxylic acids is 1. The highest BCUT2D eigenvalue weighted by atomic mass is 79.9. The SMILES string of the molecule is NS(=O)(=O)c1ccc(CCNC(=O)c2cncc(Br)c2)s1. The third kappa shape index (κ3) is 4.60. The molecule has 2 rings (SSSR count). The van der Waals surface area contributed by atoms with Gasteiger partial charge in [0.15, 0.2) is 0 Å². The molecule has 0 spiro atoms. The lowest BCUT2D eigenvalue weighted by Gasteiger charge is -2.04. The minimum absolute atomic E-state index is 0.125. The van der Waals surface area contributed by atoms with Crippen molar-refractivity contribution in [2.24, 2.45) is 5.14 Å². The molecule has 0 aliphatic heterocycles. The van der Waals surface area contributed by atoms with E-state index in [0.717, 1.165) is 20.7 Å². The molecule has 0 saturated carbocycles. The molecule has 112 valence electrons. The quantitative estimate of drug-likeness (QED) is 0.808. The number of pyridine rings is 1. The number of thiophene rings is 1. The summed E-state index contributed by atoms with van der Waals surface area (Å²) in [7, 11) is -3.65. The van der Waals surface area contributed by atoms with E-state index in [1.807, 2.05) is 0 Å². The number of hydrogen-bond acceptors (Lipinski definition) is 5. The van der Waals surface area contributed by atoms with Crippen LogP contribution in [0.25, 0.3) is 0 Å². The zero-order valence-electron chi connectivity index (χ0n) is 10.7. The number of rotatable bonds is 5. The summed E-state index contributed by atoms with van der Waals surface area (Å²) in [6.45, 7) is 0.399. The van der Waals surface area contributed by atoms with Crippen LogP contribution in [-0.2, 0) is 16.4 Å². The molecule has 0 aliphatic rings. The summed E-state index contributed by atoms with van der Waals surface area (Å²) in [6.07, 6.45) is 3.61. The van der Waals surface area contributed by atoms with Crippen LogP contribution in [0.15, 0.2) is 39.3 Å². The lowest BCUT2D eigenvalue weighted by atomic mass is 10.2. The third-order valence-electron chi connectivity index (χ3n) is 2.54. The number of amides is 1. The van der Waals surface area contributed by atoms with Crippen molar-refractivity contribution in [2.75, 3.05) is 6.54 Å². The average Bonchev–Trinajstić information content (AvgIpc) is 2.87. The summed E-state index contributed by atoms with van der Waals surface area (Å²) >= 11 is 4.35. The van der Waals surface area contributed by atoms with Gasteiger partial charge in [-0.05, 0) is 40.5 Å². The van der Waals surface area contributed by atoms with E-state index in [4.69, 9.17) is 5.14 Å². The number of hydrogen-bond donors (Lipinski definition) is 2. The molecule has 0 saturated heterocycles. The van der Waals surface area contributed by atoms with Crippen molar-refractivity contribution < 1.29 is 13.2 Å². The van der Waals surface area contributed by atoms with Gasteiger partial charge in [-0.2, -0.15) is 0 Å². The number of primary sulfonamides is 1. The lowest BCUT2D eigenvalue weighted by molar-refractivity contribution is 0.0953. The van der Waals surface area contributed by atoms with E-state index in [2.05, 4.69) is 26.2 Å². The Balaban J connectivity index is 1.90. The summed E-state index contributed by atoms with van der Waals surface area (Å²) in [5.74, 6) is -0.230. The molecule has 0 aliphatic carbocycles. The summed E-state index contributed by atoms with van der Waals surface area (Å²) in [5.41, 5.74) is 0.459. The number of nitrogens with zero attached hydrogens (tertiary/aromatic N) is 1. The van der Waals surface area contributed by atoms with Gasteiger partial charge in [0.05, 0.1) is 5.56 Å². The van der Waals surface area contributed by atoms with Crippen LogP contribution in [0.3, 0.4) is 0 Å². The van der Waals surface area contributed by atoms with Gasteiger partial charge in [0.25, 0.3) is 5.91 Å². The van der Waals surface area contributed by atoms with Crippen molar-refractivity contribution in [1.29, 1.82) is 0 Å². The Hall–Kier alpha value is -1.29. The molecule has 2 aromatic rings. The Morgan fingerprint density at radius 1 is 1.38 bits per heavy atom. The number of nitrogens with two attached hydrogens (primary N) is 1. The highest BCUT2D eigenvalue weighted by Gasteiger charge is 2.11. The van der Waals surface area contributed by atoms with Crippen molar-refractivity contribution in [1.82, 2.24) is 10.3 Å². The predicted molar refractivity (Wildman–Crippen MR) is 83.7 cm³/mol. The molecule has 1 amide bonds. The van der Waals surface area contributed by atoms with Gasteiger partial charge in [0.1, 0.15) is 4.21 Å². The van der Waals surface area contributed by atoms with E-state index in [0.29, 0.717) is 18.5 Å². The highest BCUT2D eigenvalue weighted by Crippen LogP contribution is 2.20. The molecular weight excluding hydrogens is 378 g/mol. The first kappa shape index (κ1) is 16.1. The molecule has 2 aromatic heterocycles. The Bertz CT molecular complexity index is 759. The average molecular weight is 390 g/mol. The monoisotopic (exact) mass is 389 g/mol. The molecule has 0 aromatic carbocycles.